The largest absolute Gasteiger partial charge is 0.467 e. The number of anilines is 1. The highest BCUT2D eigenvalue weighted by atomic mass is 32.1. The van der Waals surface area contributed by atoms with E-state index >= 15 is 0 Å². The van der Waals surface area contributed by atoms with Crippen molar-refractivity contribution >= 4 is 33.1 Å². The van der Waals surface area contributed by atoms with Crippen molar-refractivity contribution in [3.05, 3.63) is 82.3 Å². The van der Waals surface area contributed by atoms with E-state index in [0.29, 0.717) is 18.0 Å². The Bertz CT molecular complexity index is 1200. The van der Waals surface area contributed by atoms with E-state index in [1.165, 1.54) is 11.3 Å². The molecule has 7 heteroatoms. The summed E-state index contributed by atoms with van der Waals surface area (Å²) in [5, 5.41) is 4.59. The van der Waals surface area contributed by atoms with Gasteiger partial charge in [-0.1, -0.05) is 30.3 Å². The molecule has 0 radical (unpaired) electrons. The van der Waals surface area contributed by atoms with Gasteiger partial charge in [0.1, 0.15) is 21.6 Å². The van der Waals surface area contributed by atoms with Crippen LogP contribution in [0.15, 0.2) is 59.2 Å². The Balaban J connectivity index is 1.67. The van der Waals surface area contributed by atoms with Crippen LogP contribution in [0, 0.1) is 6.92 Å². The molecule has 1 atom stereocenters. The van der Waals surface area contributed by atoms with Gasteiger partial charge < -0.3 is 19.4 Å². The van der Waals surface area contributed by atoms with Crippen LogP contribution in [-0.2, 0) is 17.9 Å². The number of furan rings is 1. The Labute approximate surface area is 178 Å². The van der Waals surface area contributed by atoms with Crippen LogP contribution >= 0.6 is 11.3 Å². The lowest BCUT2D eigenvalue weighted by molar-refractivity contribution is 0.0657. The van der Waals surface area contributed by atoms with Crippen molar-refractivity contribution in [2.75, 3.05) is 12.4 Å². The number of nitrogens with one attached hydrogen (secondary N) is 1. The highest BCUT2D eigenvalue weighted by molar-refractivity contribution is 7.21. The van der Waals surface area contributed by atoms with Gasteiger partial charge in [0, 0.05) is 18.2 Å². The van der Waals surface area contributed by atoms with Gasteiger partial charge in [0.2, 0.25) is 0 Å². The molecule has 1 aliphatic heterocycles. The molecular weight excluding hydrogens is 398 g/mol. The Morgan fingerprint density at radius 2 is 2.07 bits per heavy atom. The number of rotatable bonds is 5. The first-order valence-corrected chi connectivity index (χ1v) is 10.5. The molecule has 4 aromatic rings. The standard InChI is InChI=1S/C23H21N3O3S/c1-14-11-16(13-28-2)18-19-20(30-22(18)24-14)23(27)26(12-17-9-6-10-29-17)21(25-19)15-7-4-3-5-8-15/h3-11,21,25H,12-13H2,1-2H3/t21-/m0/s1. The van der Waals surface area contributed by atoms with E-state index in [1.807, 2.05) is 60.4 Å². The number of aryl methyl sites for hydroxylation is 1. The van der Waals surface area contributed by atoms with Crippen LogP contribution in [0.3, 0.4) is 0 Å². The quantitative estimate of drug-likeness (QED) is 0.487. The average Bonchev–Trinajstić information content (AvgIpc) is 3.38. The summed E-state index contributed by atoms with van der Waals surface area (Å²) in [5.74, 6) is 0.711. The van der Waals surface area contributed by atoms with Crippen molar-refractivity contribution in [2.45, 2.75) is 26.2 Å². The van der Waals surface area contributed by atoms with E-state index in [4.69, 9.17) is 14.1 Å². The number of amides is 1. The zero-order valence-corrected chi connectivity index (χ0v) is 17.5. The van der Waals surface area contributed by atoms with Gasteiger partial charge in [-0.25, -0.2) is 4.98 Å². The Morgan fingerprint density at radius 3 is 2.80 bits per heavy atom. The molecular formula is C23H21N3O3S. The molecule has 0 saturated heterocycles. The van der Waals surface area contributed by atoms with Crippen LogP contribution in [-0.4, -0.2) is 22.9 Å². The summed E-state index contributed by atoms with van der Waals surface area (Å²) in [5.41, 5.74) is 3.79. The maximum atomic E-state index is 13.6. The van der Waals surface area contributed by atoms with Crippen LogP contribution < -0.4 is 5.32 Å². The molecule has 6 nitrogen and oxygen atoms in total. The van der Waals surface area contributed by atoms with Gasteiger partial charge >= 0.3 is 0 Å². The van der Waals surface area contributed by atoms with E-state index in [9.17, 15) is 4.79 Å². The zero-order valence-electron chi connectivity index (χ0n) is 16.7. The van der Waals surface area contributed by atoms with E-state index in [1.54, 1.807) is 13.4 Å². The number of methoxy groups -OCH3 is 1. The fourth-order valence-corrected chi connectivity index (χ4v) is 5.15. The van der Waals surface area contributed by atoms with E-state index in [-0.39, 0.29) is 12.1 Å². The minimum atomic E-state index is -0.314. The molecule has 0 fully saturated rings. The topological polar surface area (TPSA) is 67.6 Å². The SMILES string of the molecule is COCc1cc(C)nc2sc3c(c12)N[C@H](c1ccccc1)N(Cc1ccco1)C3=O. The van der Waals surface area contributed by atoms with Gasteiger partial charge in [0.05, 0.1) is 25.1 Å². The van der Waals surface area contributed by atoms with Crippen LogP contribution in [0.4, 0.5) is 5.69 Å². The molecule has 0 bridgehead atoms. The van der Waals surface area contributed by atoms with E-state index < -0.39 is 0 Å². The molecule has 0 unspecified atom stereocenters. The van der Waals surface area contributed by atoms with Crippen molar-refractivity contribution < 1.29 is 13.9 Å². The smallest absolute Gasteiger partial charge is 0.268 e. The van der Waals surface area contributed by atoms with E-state index in [2.05, 4.69) is 5.32 Å². The number of ether oxygens (including phenoxy) is 1. The van der Waals surface area contributed by atoms with Gasteiger partial charge in [0.15, 0.2) is 0 Å². The van der Waals surface area contributed by atoms with Crippen LogP contribution in [0.1, 0.15) is 38.4 Å². The molecule has 1 aromatic carbocycles. The number of benzene rings is 1. The Hall–Kier alpha value is -3.16. The van der Waals surface area contributed by atoms with Crippen molar-refractivity contribution in [1.29, 1.82) is 0 Å². The molecule has 3 aromatic heterocycles. The average molecular weight is 420 g/mol. The summed E-state index contributed by atoms with van der Waals surface area (Å²) in [4.78, 5) is 21.7. The molecule has 0 spiro atoms. The van der Waals surface area contributed by atoms with Crippen molar-refractivity contribution in [2.24, 2.45) is 0 Å². The fraction of sp³-hybridized carbons (Fsp3) is 0.217. The fourth-order valence-electron chi connectivity index (χ4n) is 3.96. The maximum Gasteiger partial charge on any atom is 0.268 e. The van der Waals surface area contributed by atoms with E-state index in [0.717, 1.165) is 38.5 Å². The second-order valence-corrected chi connectivity index (χ2v) is 8.31. The summed E-state index contributed by atoms with van der Waals surface area (Å²) in [6.07, 6.45) is 1.31. The van der Waals surface area contributed by atoms with Crippen molar-refractivity contribution in [3.8, 4) is 0 Å². The molecule has 0 aliphatic carbocycles. The number of pyridine rings is 1. The van der Waals surface area contributed by atoms with Gasteiger partial charge in [-0.05, 0) is 36.2 Å². The third kappa shape index (κ3) is 3.16. The Kier molecular flexibility index (Phi) is 4.77. The second-order valence-electron chi connectivity index (χ2n) is 7.31. The summed E-state index contributed by atoms with van der Waals surface area (Å²) in [6.45, 7) is 2.80. The third-order valence-electron chi connectivity index (χ3n) is 5.24. The number of fused-ring (bicyclic) bond motifs is 3. The molecule has 1 N–H and O–H groups in total. The molecule has 152 valence electrons. The van der Waals surface area contributed by atoms with Crippen LogP contribution in [0.2, 0.25) is 0 Å². The van der Waals surface area contributed by atoms with Gasteiger partial charge in [-0.15, -0.1) is 11.3 Å². The number of aromatic nitrogens is 1. The minimum absolute atomic E-state index is 0.0296. The number of nitrogens with zero attached hydrogens (tertiary/aromatic N) is 2. The highest BCUT2D eigenvalue weighted by Gasteiger charge is 2.37. The predicted molar refractivity (Wildman–Crippen MR) is 116 cm³/mol. The first kappa shape index (κ1) is 18.8. The minimum Gasteiger partial charge on any atom is -0.467 e. The van der Waals surface area contributed by atoms with Crippen LogP contribution in [0.5, 0.6) is 0 Å². The number of thiophene rings is 1. The first-order valence-electron chi connectivity index (χ1n) is 9.72. The number of carbonyl (C=O) groups excluding carboxylic acids is 1. The monoisotopic (exact) mass is 419 g/mol. The van der Waals surface area contributed by atoms with Gasteiger partial charge in [-0.2, -0.15) is 0 Å². The summed E-state index contributed by atoms with van der Waals surface area (Å²) in [7, 11) is 1.68. The molecule has 4 heterocycles. The molecule has 1 aliphatic rings. The molecule has 5 rings (SSSR count). The summed E-state index contributed by atoms with van der Waals surface area (Å²) < 4.78 is 11.0. The highest BCUT2D eigenvalue weighted by Crippen LogP contribution is 2.44. The second kappa shape index (κ2) is 7.59. The van der Waals surface area contributed by atoms with Crippen molar-refractivity contribution in [1.82, 2.24) is 9.88 Å². The van der Waals surface area contributed by atoms with Crippen molar-refractivity contribution in [3.63, 3.8) is 0 Å². The lowest BCUT2D eigenvalue weighted by Crippen LogP contribution is -2.41. The number of carbonyl (C=O) groups is 1. The zero-order chi connectivity index (χ0) is 20.7. The van der Waals surface area contributed by atoms with Gasteiger partial charge in [-0.3, -0.25) is 4.79 Å². The number of hydrogen-bond donors (Lipinski definition) is 1. The normalized spacial score (nSPS) is 16.0. The predicted octanol–water partition coefficient (Wildman–Crippen LogP) is 5.11. The molecule has 1 amide bonds. The van der Waals surface area contributed by atoms with Crippen LogP contribution in [0.25, 0.3) is 10.2 Å². The molecule has 0 saturated carbocycles. The maximum absolute atomic E-state index is 13.6. The summed E-state index contributed by atoms with van der Waals surface area (Å²) >= 11 is 1.42. The summed E-state index contributed by atoms with van der Waals surface area (Å²) in [6, 6.07) is 15.7. The number of hydrogen-bond acceptors (Lipinski definition) is 6. The molecule has 30 heavy (non-hydrogen) atoms. The lowest BCUT2D eigenvalue weighted by atomic mass is 10.0. The van der Waals surface area contributed by atoms with Gasteiger partial charge in [0.25, 0.3) is 5.91 Å². The third-order valence-corrected chi connectivity index (χ3v) is 6.31. The Morgan fingerprint density at radius 1 is 1.23 bits per heavy atom. The lowest BCUT2D eigenvalue weighted by Gasteiger charge is -2.36. The first-order chi connectivity index (χ1) is 14.7.